The van der Waals surface area contributed by atoms with Crippen LogP contribution in [0.15, 0.2) is 72.8 Å². The highest BCUT2D eigenvalue weighted by atomic mass is 19.1. The number of anilines is 3. The average molecular weight is 578 g/mol. The maximum Gasteiger partial charge on any atom is 0.323 e. The van der Waals surface area contributed by atoms with E-state index in [1.54, 1.807) is 49.2 Å². The lowest BCUT2D eigenvalue weighted by molar-refractivity contribution is -0.134. The molecule has 10 nitrogen and oxygen atoms in total. The number of carbonyl (C=O) groups is 3. The third-order valence-electron chi connectivity index (χ3n) is 7.10. The first-order chi connectivity index (χ1) is 20.1. The van der Waals surface area contributed by atoms with Gasteiger partial charge in [0, 0.05) is 42.1 Å². The number of rotatable bonds is 7. The molecule has 1 aliphatic rings. The summed E-state index contributed by atoms with van der Waals surface area (Å²) in [6.45, 7) is 4.06. The summed E-state index contributed by atoms with van der Waals surface area (Å²) in [5.74, 6) is -0.347. The molecular weight excluding hydrogens is 541 g/mol. The van der Waals surface area contributed by atoms with Gasteiger partial charge < -0.3 is 35.6 Å². The fraction of sp³-hybridized carbons (Fsp3) is 0.323. The number of fused-ring (bicyclic) bond motifs is 1. The molecule has 0 saturated carbocycles. The SMILES string of the molecule is C[C@H](CO)N1C[C@H](C)[C@H](CN(C)C(=O)Nc2ccccc2)Oc2ccc(NC(=O)Nc3ccc(F)cc3)cc2CC1=O. The molecule has 0 radical (unpaired) electrons. The number of aliphatic hydroxyl groups excluding tert-OH is 1. The zero-order chi connectivity index (χ0) is 30.2. The van der Waals surface area contributed by atoms with Crippen LogP contribution in [0.4, 0.5) is 31.0 Å². The van der Waals surface area contributed by atoms with Crippen LogP contribution in [0.1, 0.15) is 19.4 Å². The Kier molecular flexibility index (Phi) is 9.98. The van der Waals surface area contributed by atoms with Gasteiger partial charge in [0.2, 0.25) is 5.91 Å². The topological polar surface area (TPSA) is 123 Å². The summed E-state index contributed by atoms with van der Waals surface area (Å²) in [7, 11) is 1.67. The molecule has 0 spiro atoms. The van der Waals surface area contributed by atoms with Crippen LogP contribution < -0.4 is 20.7 Å². The van der Waals surface area contributed by atoms with Crippen molar-refractivity contribution in [3.63, 3.8) is 0 Å². The van der Waals surface area contributed by atoms with Crippen LogP contribution in [-0.4, -0.2) is 71.8 Å². The Balaban J connectivity index is 1.55. The van der Waals surface area contributed by atoms with Crippen LogP contribution in [0.25, 0.3) is 0 Å². The van der Waals surface area contributed by atoms with Crippen LogP contribution in [0, 0.1) is 11.7 Å². The zero-order valence-corrected chi connectivity index (χ0v) is 23.8. The number of para-hydroxylation sites is 1. The zero-order valence-electron chi connectivity index (χ0n) is 23.8. The fourth-order valence-electron chi connectivity index (χ4n) is 4.65. The van der Waals surface area contributed by atoms with E-state index in [1.807, 2.05) is 25.1 Å². The molecular formula is C31H36FN5O5. The second-order valence-electron chi connectivity index (χ2n) is 10.5. The highest BCUT2D eigenvalue weighted by molar-refractivity contribution is 6.00. The molecule has 1 aliphatic heterocycles. The Bertz CT molecular complexity index is 1390. The average Bonchev–Trinajstić information content (AvgIpc) is 3.01. The second kappa shape index (κ2) is 13.8. The van der Waals surface area contributed by atoms with Crippen LogP contribution in [0.5, 0.6) is 5.75 Å². The molecule has 4 rings (SSSR count). The quantitative estimate of drug-likeness (QED) is 0.322. The summed E-state index contributed by atoms with van der Waals surface area (Å²) >= 11 is 0. The summed E-state index contributed by atoms with van der Waals surface area (Å²) in [6, 6.07) is 18.2. The van der Waals surface area contributed by atoms with E-state index in [0.29, 0.717) is 34.9 Å². The van der Waals surface area contributed by atoms with Crippen molar-refractivity contribution < 1.29 is 28.6 Å². The van der Waals surface area contributed by atoms with E-state index in [0.717, 1.165) is 0 Å². The molecule has 3 atom stereocenters. The molecule has 3 aromatic carbocycles. The standard InChI is InChI=1S/C31H36FN5O5/c1-20-17-37(21(2)19-38)29(39)16-22-15-26(34-30(40)33-25-11-9-23(32)10-12-25)13-14-27(22)42-28(20)18-36(3)31(41)35-24-7-5-4-6-8-24/h4-15,20-21,28,38H,16-19H2,1-3H3,(H,35,41)(H2,33,34,40)/t20-,21+,28-/m0/s1. The molecule has 42 heavy (non-hydrogen) atoms. The number of ether oxygens (including phenoxy) is 1. The first kappa shape index (κ1) is 30.3. The third-order valence-corrected chi connectivity index (χ3v) is 7.10. The molecule has 1 heterocycles. The lowest BCUT2D eigenvalue weighted by Crippen LogP contribution is -2.48. The van der Waals surface area contributed by atoms with Gasteiger partial charge in [-0.05, 0) is 61.5 Å². The van der Waals surface area contributed by atoms with Crippen molar-refractivity contribution in [1.82, 2.24) is 9.80 Å². The highest BCUT2D eigenvalue weighted by Gasteiger charge is 2.32. The van der Waals surface area contributed by atoms with Crippen LogP contribution in [0.2, 0.25) is 0 Å². The number of hydrogen-bond acceptors (Lipinski definition) is 5. The smallest absolute Gasteiger partial charge is 0.323 e. The van der Waals surface area contributed by atoms with Crippen molar-refractivity contribution in [3.05, 3.63) is 84.2 Å². The summed E-state index contributed by atoms with van der Waals surface area (Å²) in [6.07, 6.45) is -0.506. The van der Waals surface area contributed by atoms with E-state index >= 15 is 0 Å². The van der Waals surface area contributed by atoms with Gasteiger partial charge in [-0.2, -0.15) is 0 Å². The Morgan fingerprint density at radius 3 is 2.36 bits per heavy atom. The van der Waals surface area contributed by atoms with Crippen molar-refractivity contribution in [2.24, 2.45) is 5.92 Å². The first-order valence-electron chi connectivity index (χ1n) is 13.7. The monoisotopic (exact) mass is 577 g/mol. The predicted molar refractivity (Wildman–Crippen MR) is 159 cm³/mol. The highest BCUT2D eigenvalue weighted by Crippen LogP contribution is 2.29. The molecule has 0 fully saturated rings. The molecule has 3 aromatic rings. The molecule has 5 amide bonds. The van der Waals surface area contributed by atoms with E-state index < -0.39 is 24.0 Å². The summed E-state index contributed by atoms with van der Waals surface area (Å²) < 4.78 is 19.6. The molecule has 11 heteroatoms. The van der Waals surface area contributed by atoms with Crippen molar-refractivity contribution in [2.45, 2.75) is 32.4 Å². The number of carbonyl (C=O) groups excluding carboxylic acids is 3. The maximum atomic E-state index is 13.4. The van der Waals surface area contributed by atoms with E-state index in [1.165, 1.54) is 29.2 Å². The largest absolute Gasteiger partial charge is 0.488 e. The minimum Gasteiger partial charge on any atom is -0.488 e. The summed E-state index contributed by atoms with van der Waals surface area (Å²) in [5.41, 5.74) is 2.06. The molecule has 222 valence electrons. The van der Waals surface area contributed by atoms with E-state index in [2.05, 4.69) is 16.0 Å². The predicted octanol–water partition coefficient (Wildman–Crippen LogP) is 4.78. The van der Waals surface area contributed by atoms with Gasteiger partial charge in [0.25, 0.3) is 0 Å². The number of aliphatic hydroxyl groups is 1. The number of hydrogen-bond donors (Lipinski definition) is 4. The fourth-order valence-corrected chi connectivity index (χ4v) is 4.65. The van der Waals surface area contributed by atoms with Gasteiger partial charge in [-0.15, -0.1) is 0 Å². The maximum absolute atomic E-state index is 13.4. The minimum absolute atomic E-state index is 0.0153. The van der Waals surface area contributed by atoms with Gasteiger partial charge in [0.15, 0.2) is 0 Å². The second-order valence-corrected chi connectivity index (χ2v) is 10.5. The van der Waals surface area contributed by atoms with E-state index in [9.17, 15) is 23.9 Å². The van der Waals surface area contributed by atoms with E-state index in [-0.39, 0.29) is 37.4 Å². The molecule has 0 aliphatic carbocycles. The molecule has 0 bridgehead atoms. The Morgan fingerprint density at radius 2 is 1.67 bits per heavy atom. The number of urea groups is 2. The normalized spacial score (nSPS) is 17.5. The number of halogens is 1. The van der Waals surface area contributed by atoms with Crippen molar-refractivity contribution >= 4 is 35.0 Å². The summed E-state index contributed by atoms with van der Waals surface area (Å²) in [4.78, 5) is 42.1. The van der Waals surface area contributed by atoms with Crippen molar-refractivity contribution in [1.29, 1.82) is 0 Å². The van der Waals surface area contributed by atoms with Gasteiger partial charge in [-0.3, -0.25) is 4.79 Å². The van der Waals surface area contributed by atoms with Gasteiger partial charge in [-0.25, -0.2) is 14.0 Å². The van der Waals surface area contributed by atoms with Gasteiger partial charge in [0.05, 0.1) is 25.6 Å². The Hall–Kier alpha value is -4.64. The third kappa shape index (κ3) is 7.97. The van der Waals surface area contributed by atoms with Gasteiger partial charge >= 0.3 is 12.1 Å². The van der Waals surface area contributed by atoms with Crippen LogP contribution in [0.3, 0.4) is 0 Å². The van der Waals surface area contributed by atoms with Gasteiger partial charge in [0.1, 0.15) is 17.7 Å². The first-order valence-corrected chi connectivity index (χ1v) is 13.7. The van der Waals surface area contributed by atoms with Crippen LogP contribution in [-0.2, 0) is 11.2 Å². The molecule has 0 saturated heterocycles. The Labute approximate surface area is 244 Å². The van der Waals surface area contributed by atoms with E-state index in [4.69, 9.17) is 4.74 Å². The summed E-state index contributed by atoms with van der Waals surface area (Å²) in [5, 5.41) is 18.1. The molecule has 0 unspecified atom stereocenters. The molecule has 0 aromatic heterocycles. The van der Waals surface area contributed by atoms with Crippen LogP contribution >= 0.6 is 0 Å². The minimum atomic E-state index is -0.537. The van der Waals surface area contributed by atoms with Crippen molar-refractivity contribution in [3.8, 4) is 5.75 Å². The number of benzene rings is 3. The van der Waals surface area contributed by atoms with Gasteiger partial charge in [-0.1, -0.05) is 25.1 Å². The van der Waals surface area contributed by atoms with Crippen molar-refractivity contribution in [2.75, 3.05) is 42.7 Å². The number of nitrogens with zero attached hydrogens (tertiary/aromatic N) is 2. The number of amides is 5. The number of likely N-dealkylation sites (N-methyl/N-ethyl adjacent to an activating group) is 1. The number of nitrogens with one attached hydrogen (secondary N) is 3. The lowest BCUT2D eigenvalue weighted by Gasteiger charge is -2.34. The Morgan fingerprint density at radius 1 is 1.02 bits per heavy atom. The molecule has 4 N–H and O–H groups in total. The lowest BCUT2D eigenvalue weighted by atomic mass is 10.0.